The van der Waals surface area contributed by atoms with Gasteiger partial charge < -0.3 is 15.0 Å². The zero-order chi connectivity index (χ0) is 21.9. The SMILES string of the molecule is CCCNC(=O)[C@H](CC)N(Cc1ccccc1Cl)C(=O)COc1ccc(CC)cc1. The molecular weight excluding hydrogens is 400 g/mol. The van der Waals surface area contributed by atoms with Gasteiger partial charge in [-0.15, -0.1) is 0 Å². The van der Waals surface area contributed by atoms with Crippen LogP contribution in [0.3, 0.4) is 0 Å². The van der Waals surface area contributed by atoms with Crippen LogP contribution in [0, 0.1) is 0 Å². The van der Waals surface area contributed by atoms with Crippen molar-refractivity contribution >= 4 is 23.4 Å². The molecule has 2 rings (SSSR count). The third-order valence-corrected chi connectivity index (χ3v) is 5.30. The minimum atomic E-state index is -0.591. The number of ether oxygens (including phenoxy) is 1. The van der Waals surface area contributed by atoms with Gasteiger partial charge in [0.15, 0.2) is 6.61 Å². The minimum absolute atomic E-state index is 0.145. The molecule has 6 heteroatoms. The molecule has 5 nitrogen and oxygen atoms in total. The molecule has 0 aliphatic rings. The van der Waals surface area contributed by atoms with E-state index in [2.05, 4.69) is 12.2 Å². The molecule has 0 aliphatic carbocycles. The number of nitrogens with one attached hydrogen (secondary N) is 1. The van der Waals surface area contributed by atoms with Gasteiger partial charge in [-0.2, -0.15) is 0 Å². The first-order chi connectivity index (χ1) is 14.5. The molecule has 30 heavy (non-hydrogen) atoms. The topological polar surface area (TPSA) is 58.6 Å². The third kappa shape index (κ3) is 6.77. The lowest BCUT2D eigenvalue weighted by Crippen LogP contribution is -2.50. The van der Waals surface area contributed by atoms with Crippen LogP contribution in [0.25, 0.3) is 0 Å². The molecule has 0 spiro atoms. The Bertz CT molecular complexity index is 823. The second-order valence-corrected chi connectivity index (χ2v) is 7.52. The van der Waals surface area contributed by atoms with Gasteiger partial charge in [0.2, 0.25) is 5.91 Å². The summed E-state index contributed by atoms with van der Waals surface area (Å²) in [5.41, 5.74) is 1.99. The van der Waals surface area contributed by atoms with Crippen LogP contribution in [-0.2, 0) is 22.6 Å². The van der Waals surface area contributed by atoms with Gasteiger partial charge in [-0.25, -0.2) is 0 Å². The van der Waals surface area contributed by atoms with Crippen LogP contribution in [-0.4, -0.2) is 35.9 Å². The molecule has 0 fully saturated rings. The molecular formula is C24H31ClN2O3. The smallest absolute Gasteiger partial charge is 0.261 e. The Hall–Kier alpha value is -2.53. The number of aryl methyl sites for hydroxylation is 1. The number of carbonyl (C=O) groups is 2. The Labute approximate surface area is 184 Å². The van der Waals surface area contributed by atoms with Crippen molar-refractivity contribution in [2.75, 3.05) is 13.2 Å². The van der Waals surface area contributed by atoms with Crippen molar-refractivity contribution < 1.29 is 14.3 Å². The highest BCUT2D eigenvalue weighted by molar-refractivity contribution is 6.31. The van der Waals surface area contributed by atoms with Crippen LogP contribution in [0.5, 0.6) is 5.75 Å². The van der Waals surface area contributed by atoms with E-state index in [1.54, 1.807) is 11.0 Å². The Kier molecular flexibility index (Phi) is 9.68. The molecule has 2 aromatic rings. The van der Waals surface area contributed by atoms with Gasteiger partial charge in [0, 0.05) is 18.1 Å². The fourth-order valence-electron chi connectivity index (χ4n) is 3.15. The molecule has 2 amide bonds. The number of hydrogen-bond donors (Lipinski definition) is 1. The Morgan fingerprint density at radius 2 is 1.77 bits per heavy atom. The quantitative estimate of drug-likeness (QED) is 0.566. The van der Waals surface area contributed by atoms with Crippen LogP contribution in [0.1, 0.15) is 44.7 Å². The van der Waals surface area contributed by atoms with E-state index in [1.807, 2.05) is 56.3 Å². The van der Waals surface area contributed by atoms with Crippen LogP contribution in [0.4, 0.5) is 0 Å². The van der Waals surface area contributed by atoms with E-state index < -0.39 is 6.04 Å². The summed E-state index contributed by atoms with van der Waals surface area (Å²) < 4.78 is 5.72. The number of halogens is 1. The lowest BCUT2D eigenvalue weighted by molar-refractivity contribution is -0.143. The summed E-state index contributed by atoms with van der Waals surface area (Å²) in [5, 5.41) is 3.46. The predicted molar refractivity (Wildman–Crippen MR) is 121 cm³/mol. The zero-order valence-electron chi connectivity index (χ0n) is 18.0. The molecule has 2 aromatic carbocycles. The summed E-state index contributed by atoms with van der Waals surface area (Å²) >= 11 is 6.32. The maximum Gasteiger partial charge on any atom is 0.261 e. The van der Waals surface area contributed by atoms with E-state index >= 15 is 0 Å². The van der Waals surface area contributed by atoms with E-state index in [0.29, 0.717) is 23.7 Å². The van der Waals surface area contributed by atoms with Gasteiger partial charge in [0.25, 0.3) is 5.91 Å². The summed E-state index contributed by atoms with van der Waals surface area (Å²) in [4.78, 5) is 27.4. The van der Waals surface area contributed by atoms with E-state index in [9.17, 15) is 9.59 Å². The largest absolute Gasteiger partial charge is 0.484 e. The molecule has 0 saturated heterocycles. The average molecular weight is 431 g/mol. The highest BCUT2D eigenvalue weighted by Gasteiger charge is 2.29. The van der Waals surface area contributed by atoms with Crippen LogP contribution >= 0.6 is 11.6 Å². The number of benzene rings is 2. The Balaban J connectivity index is 2.18. The minimum Gasteiger partial charge on any atom is -0.484 e. The first-order valence-electron chi connectivity index (χ1n) is 10.5. The van der Waals surface area contributed by atoms with Crippen molar-refractivity contribution in [2.24, 2.45) is 0 Å². The van der Waals surface area contributed by atoms with Gasteiger partial charge in [-0.1, -0.05) is 62.7 Å². The fraction of sp³-hybridized carbons (Fsp3) is 0.417. The molecule has 0 heterocycles. The van der Waals surface area contributed by atoms with Crippen molar-refractivity contribution in [1.82, 2.24) is 10.2 Å². The summed E-state index contributed by atoms with van der Waals surface area (Å²) in [6.07, 6.45) is 2.27. The van der Waals surface area contributed by atoms with Crippen LogP contribution in [0.2, 0.25) is 5.02 Å². The highest BCUT2D eigenvalue weighted by atomic mass is 35.5. The van der Waals surface area contributed by atoms with Gasteiger partial charge >= 0.3 is 0 Å². The molecule has 162 valence electrons. The second-order valence-electron chi connectivity index (χ2n) is 7.11. The summed E-state index contributed by atoms with van der Waals surface area (Å²) in [5.74, 6) is 0.210. The maximum atomic E-state index is 13.1. The van der Waals surface area contributed by atoms with Crippen molar-refractivity contribution in [3.8, 4) is 5.75 Å². The monoisotopic (exact) mass is 430 g/mol. The molecule has 1 atom stereocenters. The number of rotatable bonds is 11. The molecule has 0 saturated carbocycles. The third-order valence-electron chi connectivity index (χ3n) is 4.93. The van der Waals surface area contributed by atoms with Gasteiger partial charge in [-0.3, -0.25) is 9.59 Å². The molecule has 0 unspecified atom stereocenters. The highest BCUT2D eigenvalue weighted by Crippen LogP contribution is 2.20. The lowest BCUT2D eigenvalue weighted by Gasteiger charge is -2.30. The van der Waals surface area contributed by atoms with Crippen molar-refractivity contribution in [1.29, 1.82) is 0 Å². The van der Waals surface area contributed by atoms with Crippen molar-refractivity contribution in [3.63, 3.8) is 0 Å². The van der Waals surface area contributed by atoms with E-state index in [1.165, 1.54) is 5.56 Å². The number of amides is 2. The second kappa shape index (κ2) is 12.2. The number of nitrogens with zero attached hydrogens (tertiary/aromatic N) is 1. The Morgan fingerprint density at radius 3 is 2.37 bits per heavy atom. The average Bonchev–Trinajstić information content (AvgIpc) is 2.77. The molecule has 0 radical (unpaired) electrons. The van der Waals surface area contributed by atoms with Crippen molar-refractivity contribution in [2.45, 2.75) is 52.6 Å². The predicted octanol–water partition coefficient (Wildman–Crippen LogP) is 4.61. The summed E-state index contributed by atoms with van der Waals surface area (Å²) in [6.45, 7) is 6.64. The molecule has 0 aromatic heterocycles. The lowest BCUT2D eigenvalue weighted by atomic mass is 10.1. The number of hydrogen-bond acceptors (Lipinski definition) is 3. The van der Waals surface area contributed by atoms with Gasteiger partial charge in [0.1, 0.15) is 11.8 Å². The zero-order valence-corrected chi connectivity index (χ0v) is 18.7. The fourth-order valence-corrected chi connectivity index (χ4v) is 3.34. The standard InChI is InChI=1S/C24H31ClN2O3/c1-4-15-26-24(29)22(6-3)27(16-19-9-7-8-10-21(19)25)23(28)17-30-20-13-11-18(5-2)12-14-20/h7-14,22H,4-6,15-17H2,1-3H3,(H,26,29)/t22-/m0/s1. The number of carbonyl (C=O) groups excluding carboxylic acids is 2. The normalized spacial score (nSPS) is 11.6. The van der Waals surface area contributed by atoms with E-state index in [4.69, 9.17) is 16.3 Å². The van der Waals surface area contributed by atoms with Gasteiger partial charge in [-0.05, 0) is 48.6 Å². The van der Waals surface area contributed by atoms with E-state index in [0.717, 1.165) is 18.4 Å². The maximum absolute atomic E-state index is 13.1. The molecule has 0 aliphatic heterocycles. The Morgan fingerprint density at radius 1 is 1.07 bits per heavy atom. The van der Waals surface area contributed by atoms with Gasteiger partial charge in [0.05, 0.1) is 0 Å². The molecule has 0 bridgehead atoms. The van der Waals surface area contributed by atoms with E-state index in [-0.39, 0.29) is 25.0 Å². The first kappa shape index (κ1) is 23.7. The molecule has 1 N–H and O–H groups in total. The summed E-state index contributed by atoms with van der Waals surface area (Å²) in [6, 6.07) is 14.4. The van der Waals surface area contributed by atoms with Crippen LogP contribution in [0.15, 0.2) is 48.5 Å². The van der Waals surface area contributed by atoms with Crippen LogP contribution < -0.4 is 10.1 Å². The van der Waals surface area contributed by atoms with Crippen molar-refractivity contribution in [3.05, 3.63) is 64.7 Å². The first-order valence-corrected chi connectivity index (χ1v) is 10.9. The summed E-state index contributed by atoms with van der Waals surface area (Å²) in [7, 11) is 0.